The van der Waals surface area contributed by atoms with Gasteiger partial charge in [-0.25, -0.2) is 9.97 Å². The van der Waals surface area contributed by atoms with Crippen molar-refractivity contribution in [3.63, 3.8) is 0 Å². The van der Waals surface area contributed by atoms with Crippen LogP contribution in [0.25, 0.3) is 11.0 Å². The number of amides is 1. The molecule has 6 nitrogen and oxygen atoms in total. The zero-order valence-corrected chi connectivity index (χ0v) is 10.9. The van der Waals surface area contributed by atoms with E-state index in [0.717, 1.165) is 0 Å². The van der Waals surface area contributed by atoms with Crippen molar-refractivity contribution in [2.24, 2.45) is 5.73 Å². The lowest BCUT2D eigenvalue weighted by atomic mass is 10.3. The number of nitrogens with two attached hydrogens (primary N) is 1. The Labute approximate surface area is 114 Å². The summed E-state index contributed by atoms with van der Waals surface area (Å²) in [5, 5.41) is 2.70. The number of halogens is 1. The Bertz CT molecular complexity index is 591. The third-order valence-corrected chi connectivity index (χ3v) is 2.54. The number of rotatable bonds is 5. The Kier molecular flexibility index (Phi) is 4.62. The van der Waals surface area contributed by atoms with Gasteiger partial charge in [-0.15, -0.1) is 0 Å². The van der Waals surface area contributed by atoms with E-state index in [1.54, 1.807) is 12.1 Å². The predicted molar refractivity (Wildman–Crippen MR) is 73.1 cm³/mol. The Morgan fingerprint density at radius 3 is 2.68 bits per heavy atom. The zero-order chi connectivity index (χ0) is 13.7. The molecule has 0 atom stereocenters. The summed E-state index contributed by atoms with van der Waals surface area (Å²) in [7, 11) is 0. The molecule has 0 unspecified atom stereocenters. The largest absolute Gasteiger partial charge is 0.370 e. The first-order chi connectivity index (χ1) is 9.20. The highest BCUT2D eigenvalue weighted by Gasteiger charge is 2.10. The Morgan fingerprint density at radius 2 is 2.00 bits per heavy atom. The topological polar surface area (TPSA) is 90.1 Å². The van der Waals surface area contributed by atoms with E-state index in [1.165, 1.54) is 0 Å². The highest BCUT2D eigenvalue weighted by molar-refractivity contribution is 6.32. The van der Waals surface area contributed by atoms with Gasteiger partial charge in [0.25, 0.3) is 5.91 Å². The molecule has 2 aromatic rings. The molecule has 0 fully saturated rings. The molecule has 3 N–H and O–H groups in total. The van der Waals surface area contributed by atoms with Gasteiger partial charge in [-0.2, -0.15) is 0 Å². The van der Waals surface area contributed by atoms with Gasteiger partial charge in [0, 0.05) is 6.54 Å². The number of nitrogens with one attached hydrogen (secondary N) is 1. The molecule has 7 heteroatoms. The molecular formula is C12H13ClN4O2. The molecule has 0 aliphatic carbocycles. The Morgan fingerprint density at radius 1 is 1.32 bits per heavy atom. The number of carbonyl (C=O) groups excluding carboxylic acids is 1. The van der Waals surface area contributed by atoms with Gasteiger partial charge in [0.1, 0.15) is 6.61 Å². The Hall–Kier alpha value is -1.76. The lowest BCUT2D eigenvalue weighted by molar-refractivity contribution is -0.120. The van der Waals surface area contributed by atoms with Crippen LogP contribution in [0.3, 0.4) is 0 Å². The van der Waals surface area contributed by atoms with Crippen LogP contribution in [0.5, 0.6) is 0 Å². The minimum Gasteiger partial charge on any atom is -0.370 e. The summed E-state index contributed by atoms with van der Waals surface area (Å²) < 4.78 is 5.02. The fraction of sp³-hybridized carbons (Fsp3) is 0.250. The quantitative estimate of drug-likeness (QED) is 0.803. The monoisotopic (exact) mass is 280 g/mol. The van der Waals surface area contributed by atoms with E-state index in [0.29, 0.717) is 24.2 Å². The van der Waals surface area contributed by atoms with Gasteiger partial charge in [0.15, 0.2) is 11.0 Å². The van der Waals surface area contributed by atoms with E-state index in [2.05, 4.69) is 15.3 Å². The number of aromatic nitrogens is 2. The van der Waals surface area contributed by atoms with E-state index in [1.807, 2.05) is 12.1 Å². The second-order valence-corrected chi connectivity index (χ2v) is 4.10. The summed E-state index contributed by atoms with van der Waals surface area (Å²) in [6.07, 6.45) is 0. The van der Waals surface area contributed by atoms with Gasteiger partial charge in [0.2, 0.25) is 0 Å². The van der Waals surface area contributed by atoms with Crippen LogP contribution in [-0.2, 0) is 9.53 Å². The first-order valence-corrected chi connectivity index (χ1v) is 6.08. The number of fused-ring (bicyclic) bond motifs is 1. The minimum atomic E-state index is -0.347. The molecule has 100 valence electrons. The first kappa shape index (κ1) is 13.7. The number of anilines is 1. The first-order valence-electron chi connectivity index (χ1n) is 5.70. The minimum absolute atomic E-state index is 0.0952. The molecule has 1 amide bonds. The van der Waals surface area contributed by atoms with Crippen LogP contribution >= 0.6 is 11.6 Å². The smallest absolute Gasteiger partial charge is 0.251 e. The van der Waals surface area contributed by atoms with Crippen molar-refractivity contribution < 1.29 is 9.53 Å². The standard InChI is InChI=1S/C12H13ClN4O2/c13-11-12(17-10(18)7-19-6-5-14)16-9-4-2-1-3-8(9)15-11/h1-4H,5-7,14H2,(H,16,17,18). The molecular weight excluding hydrogens is 268 g/mol. The Balaban J connectivity index is 2.11. The molecule has 0 spiro atoms. The van der Waals surface area contributed by atoms with Crippen LogP contribution in [0.2, 0.25) is 5.15 Å². The third kappa shape index (κ3) is 3.60. The average molecular weight is 281 g/mol. The highest BCUT2D eigenvalue weighted by Crippen LogP contribution is 2.20. The second-order valence-electron chi connectivity index (χ2n) is 3.74. The molecule has 0 aliphatic rings. The number of benzene rings is 1. The fourth-order valence-electron chi connectivity index (χ4n) is 1.47. The van der Waals surface area contributed by atoms with Gasteiger partial charge in [-0.1, -0.05) is 23.7 Å². The summed E-state index contributed by atoms with van der Waals surface area (Å²) in [6, 6.07) is 7.26. The normalized spacial score (nSPS) is 10.6. The SMILES string of the molecule is NCCOCC(=O)Nc1nc2ccccc2nc1Cl. The fourth-order valence-corrected chi connectivity index (χ4v) is 1.65. The van der Waals surface area contributed by atoms with E-state index in [9.17, 15) is 4.79 Å². The molecule has 1 aromatic carbocycles. The number of para-hydroxylation sites is 2. The van der Waals surface area contributed by atoms with E-state index >= 15 is 0 Å². The maximum atomic E-state index is 11.6. The molecule has 1 heterocycles. The van der Waals surface area contributed by atoms with Gasteiger partial charge in [-0.3, -0.25) is 4.79 Å². The molecule has 1 aromatic heterocycles. The van der Waals surface area contributed by atoms with E-state index in [-0.39, 0.29) is 23.5 Å². The summed E-state index contributed by atoms with van der Waals surface area (Å²) in [6.45, 7) is 0.594. The molecule has 0 radical (unpaired) electrons. The number of ether oxygens (including phenoxy) is 1. The average Bonchev–Trinajstić information content (AvgIpc) is 2.40. The predicted octanol–water partition coefficient (Wildman–Crippen LogP) is 1.20. The number of hydrogen-bond donors (Lipinski definition) is 2. The van der Waals surface area contributed by atoms with Crippen LogP contribution in [0, 0.1) is 0 Å². The molecule has 0 saturated heterocycles. The van der Waals surface area contributed by atoms with Gasteiger partial charge >= 0.3 is 0 Å². The molecule has 0 bridgehead atoms. The van der Waals surface area contributed by atoms with Crippen molar-refractivity contribution >= 4 is 34.4 Å². The summed E-state index contributed by atoms with van der Waals surface area (Å²) >= 11 is 5.96. The zero-order valence-electron chi connectivity index (χ0n) is 10.1. The molecule has 0 saturated carbocycles. The van der Waals surface area contributed by atoms with Crippen LogP contribution in [0.15, 0.2) is 24.3 Å². The van der Waals surface area contributed by atoms with Crippen molar-refractivity contribution in [1.29, 1.82) is 0 Å². The molecule has 2 rings (SSSR count). The van der Waals surface area contributed by atoms with Gasteiger partial charge < -0.3 is 15.8 Å². The van der Waals surface area contributed by atoms with Gasteiger partial charge in [-0.05, 0) is 12.1 Å². The van der Waals surface area contributed by atoms with Crippen molar-refractivity contribution in [2.75, 3.05) is 25.1 Å². The van der Waals surface area contributed by atoms with E-state index in [4.69, 9.17) is 22.1 Å². The maximum absolute atomic E-state index is 11.6. The van der Waals surface area contributed by atoms with E-state index < -0.39 is 0 Å². The van der Waals surface area contributed by atoms with Crippen LogP contribution in [0.1, 0.15) is 0 Å². The summed E-state index contributed by atoms with van der Waals surface area (Å²) in [4.78, 5) is 20.0. The lowest BCUT2D eigenvalue weighted by Gasteiger charge is -2.07. The van der Waals surface area contributed by atoms with Crippen LogP contribution in [0.4, 0.5) is 5.82 Å². The second kappa shape index (κ2) is 6.42. The third-order valence-electron chi connectivity index (χ3n) is 2.28. The summed E-state index contributed by atoms with van der Waals surface area (Å²) in [5.41, 5.74) is 6.58. The number of carbonyl (C=O) groups is 1. The highest BCUT2D eigenvalue weighted by atomic mass is 35.5. The van der Waals surface area contributed by atoms with Crippen molar-refractivity contribution in [1.82, 2.24) is 9.97 Å². The van der Waals surface area contributed by atoms with Gasteiger partial charge in [0.05, 0.1) is 17.6 Å². The van der Waals surface area contributed by atoms with Crippen molar-refractivity contribution in [3.8, 4) is 0 Å². The molecule has 19 heavy (non-hydrogen) atoms. The number of hydrogen-bond acceptors (Lipinski definition) is 5. The van der Waals surface area contributed by atoms with Crippen LogP contribution < -0.4 is 11.1 Å². The number of nitrogens with zero attached hydrogens (tertiary/aromatic N) is 2. The molecule has 0 aliphatic heterocycles. The lowest BCUT2D eigenvalue weighted by Crippen LogP contribution is -2.21. The van der Waals surface area contributed by atoms with Crippen molar-refractivity contribution in [2.45, 2.75) is 0 Å². The maximum Gasteiger partial charge on any atom is 0.251 e. The van der Waals surface area contributed by atoms with Crippen molar-refractivity contribution in [3.05, 3.63) is 29.4 Å². The summed E-state index contributed by atoms with van der Waals surface area (Å²) in [5.74, 6) is -0.123. The van der Waals surface area contributed by atoms with Crippen LogP contribution in [-0.4, -0.2) is 35.6 Å².